The molecule has 0 aromatic heterocycles. The third kappa shape index (κ3) is 3.84. The number of amides is 1. The Kier molecular flexibility index (Phi) is 5.35. The van der Waals surface area contributed by atoms with Gasteiger partial charge in [-0.3, -0.25) is 4.79 Å². The molecule has 0 radical (unpaired) electrons. The lowest BCUT2D eigenvalue weighted by molar-refractivity contribution is -0.132. The number of hydrogen-bond acceptors (Lipinski definition) is 2. The summed E-state index contributed by atoms with van der Waals surface area (Å²) >= 11 is 0. The molecular weight excluding hydrogens is 224 g/mol. The van der Waals surface area contributed by atoms with Crippen LogP contribution < -0.4 is 5.73 Å². The number of carbonyl (C=O) groups is 1. The van der Waals surface area contributed by atoms with Gasteiger partial charge in [-0.2, -0.15) is 0 Å². The van der Waals surface area contributed by atoms with Gasteiger partial charge in [0.2, 0.25) is 5.91 Å². The fourth-order valence-corrected chi connectivity index (χ4v) is 1.80. The van der Waals surface area contributed by atoms with Gasteiger partial charge in [0.25, 0.3) is 0 Å². The number of likely N-dealkylation sites (N-methyl/N-ethyl adjacent to an activating group) is 1. The predicted octanol–water partition coefficient (Wildman–Crippen LogP) is 2.33. The summed E-state index contributed by atoms with van der Waals surface area (Å²) in [4.78, 5) is 13.8. The quantitative estimate of drug-likeness (QED) is 0.869. The fourth-order valence-electron chi connectivity index (χ4n) is 1.80. The van der Waals surface area contributed by atoms with Crippen molar-refractivity contribution in [2.24, 2.45) is 11.7 Å². The summed E-state index contributed by atoms with van der Waals surface area (Å²) < 4.78 is 0. The van der Waals surface area contributed by atoms with Crippen LogP contribution in [0.1, 0.15) is 31.4 Å². The largest absolute Gasteiger partial charge is 0.340 e. The van der Waals surface area contributed by atoms with Crippen LogP contribution in [0.25, 0.3) is 0 Å². The molecule has 1 aromatic carbocycles. The zero-order valence-electron chi connectivity index (χ0n) is 11.8. The van der Waals surface area contributed by atoms with Gasteiger partial charge >= 0.3 is 0 Å². The van der Waals surface area contributed by atoms with E-state index in [4.69, 9.17) is 5.73 Å². The standard InChI is InChI=1S/C15H24N2O/c1-5-12(3)14(16)15(18)17(4)10-13-8-6-11(2)7-9-13/h6-9,12,14H,5,10,16H2,1-4H3/t12?,14-/m0/s1. The van der Waals surface area contributed by atoms with Gasteiger partial charge in [-0.1, -0.05) is 50.1 Å². The van der Waals surface area contributed by atoms with Crippen molar-refractivity contribution in [3.8, 4) is 0 Å². The molecule has 1 aromatic rings. The van der Waals surface area contributed by atoms with E-state index in [2.05, 4.69) is 26.0 Å². The SMILES string of the molecule is CCC(C)[C@H](N)C(=O)N(C)Cc1ccc(C)cc1. The molecule has 2 N–H and O–H groups in total. The molecule has 1 rings (SSSR count). The summed E-state index contributed by atoms with van der Waals surface area (Å²) in [6.45, 7) is 6.74. The first-order valence-electron chi connectivity index (χ1n) is 6.51. The number of hydrogen-bond donors (Lipinski definition) is 1. The summed E-state index contributed by atoms with van der Waals surface area (Å²) in [6.07, 6.45) is 0.922. The molecule has 1 unspecified atom stereocenters. The Morgan fingerprint density at radius 2 is 1.89 bits per heavy atom. The normalized spacial score (nSPS) is 14.1. The smallest absolute Gasteiger partial charge is 0.239 e. The van der Waals surface area contributed by atoms with Crippen LogP contribution in [0.3, 0.4) is 0 Å². The van der Waals surface area contributed by atoms with Crippen LogP contribution in [0, 0.1) is 12.8 Å². The van der Waals surface area contributed by atoms with E-state index in [1.165, 1.54) is 5.56 Å². The van der Waals surface area contributed by atoms with Crippen molar-refractivity contribution in [2.75, 3.05) is 7.05 Å². The summed E-state index contributed by atoms with van der Waals surface area (Å²) in [6, 6.07) is 7.82. The average Bonchev–Trinajstić information content (AvgIpc) is 2.38. The highest BCUT2D eigenvalue weighted by Crippen LogP contribution is 2.11. The predicted molar refractivity (Wildman–Crippen MR) is 75.1 cm³/mol. The van der Waals surface area contributed by atoms with E-state index in [1.807, 2.05) is 26.1 Å². The zero-order valence-corrected chi connectivity index (χ0v) is 11.8. The second-order valence-corrected chi connectivity index (χ2v) is 5.09. The Hall–Kier alpha value is -1.35. The van der Waals surface area contributed by atoms with Gasteiger partial charge < -0.3 is 10.6 Å². The minimum absolute atomic E-state index is 0.0184. The van der Waals surface area contributed by atoms with Crippen molar-refractivity contribution < 1.29 is 4.79 Å². The molecule has 3 heteroatoms. The van der Waals surface area contributed by atoms with Gasteiger partial charge in [-0.05, 0) is 18.4 Å². The van der Waals surface area contributed by atoms with Gasteiger partial charge in [0, 0.05) is 13.6 Å². The maximum absolute atomic E-state index is 12.1. The summed E-state index contributed by atoms with van der Waals surface area (Å²) in [5.41, 5.74) is 8.32. The summed E-state index contributed by atoms with van der Waals surface area (Å²) in [5, 5.41) is 0. The maximum atomic E-state index is 12.1. The first-order chi connectivity index (χ1) is 8.45. The van der Waals surface area contributed by atoms with Gasteiger partial charge in [-0.15, -0.1) is 0 Å². The molecule has 0 aliphatic rings. The van der Waals surface area contributed by atoms with Crippen molar-refractivity contribution in [1.29, 1.82) is 0 Å². The van der Waals surface area contributed by atoms with E-state index in [1.54, 1.807) is 4.90 Å². The van der Waals surface area contributed by atoms with Crippen molar-refractivity contribution in [1.82, 2.24) is 4.90 Å². The van der Waals surface area contributed by atoms with Gasteiger partial charge in [0.1, 0.15) is 0 Å². The Labute approximate surface area is 110 Å². The highest BCUT2D eigenvalue weighted by atomic mass is 16.2. The lowest BCUT2D eigenvalue weighted by Gasteiger charge is -2.24. The molecule has 18 heavy (non-hydrogen) atoms. The number of nitrogens with two attached hydrogens (primary N) is 1. The molecule has 3 nitrogen and oxygen atoms in total. The minimum atomic E-state index is -0.398. The second kappa shape index (κ2) is 6.55. The maximum Gasteiger partial charge on any atom is 0.239 e. The molecule has 0 saturated carbocycles. The third-order valence-electron chi connectivity index (χ3n) is 3.46. The summed E-state index contributed by atoms with van der Waals surface area (Å²) in [5.74, 6) is 0.239. The van der Waals surface area contributed by atoms with Crippen LogP contribution >= 0.6 is 0 Å². The third-order valence-corrected chi connectivity index (χ3v) is 3.46. The number of nitrogens with zero attached hydrogens (tertiary/aromatic N) is 1. The molecule has 0 aliphatic carbocycles. The average molecular weight is 248 g/mol. The Morgan fingerprint density at radius 1 is 1.33 bits per heavy atom. The lowest BCUT2D eigenvalue weighted by Crippen LogP contribution is -2.45. The van der Waals surface area contributed by atoms with Gasteiger partial charge in [0.05, 0.1) is 6.04 Å². The first kappa shape index (κ1) is 14.7. The van der Waals surface area contributed by atoms with Crippen LogP contribution in [0.15, 0.2) is 24.3 Å². The van der Waals surface area contributed by atoms with Crippen LogP contribution in [-0.2, 0) is 11.3 Å². The molecule has 0 aliphatic heterocycles. The lowest BCUT2D eigenvalue weighted by atomic mass is 9.99. The fraction of sp³-hybridized carbons (Fsp3) is 0.533. The molecule has 0 bridgehead atoms. The topological polar surface area (TPSA) is 46.3 Å². The first-order valence-corrected chi connectivity index (χ1v) is 6.51. The zero-order chi connectivity index (χ0) is 13.7. The highest BCUT2D eigenvalue weighted by Gasteiger charge is 2.22. The Morgan fingerprint density at radius 3 is 2.39 bits per heavy atom. The molecule has 2 atom stereocenters. The number of carbonyl (C=O) groups excluding carboxylic acids is 1. The molecule has 0 fully saturated rings. The highest BCUT2D eigenvalue weighted by molar-refractivity contribution is 5.81. The van der Waals surface area contributed by atoms with Crippen molar-refractivity contribution >= 4 is 5.91 Å². The molecule has 100 valence electrons. The molecule has 0 heterocycles. The van der Waals surface area contributed by atoms with E-state index in [-0.39, 0.29) is 11.8 Å². The van der Waals surface area contributed by atoms with E-state index in [9.17, 15) is 4.79 Å². The van der Waals surface area contributed by atoms with E-state index in [0.29, 0.717) is 6.54 Å². The second-order valence-electron chi connectivity index (χ2n) is 5.09. The minimum Gasteiger partial charge on any atom is -0.340 e. The van der Waals surface area contributed by atoms with Crippen LogP contribution in [0.5, 0.6) is 0 Å². The van der Waals surface area contributed by atoms with Crippen LogP contribution in [0.4, 0.5) is 0 Å². The number of benzene rings is 1. The molecular formula is C15H24N2O. The molecule has 0 saturated heterocycles. The molecule has 1 amide bonds. The Balaban J connectivity index is 2.62. The van der Waals surface area contributed by atoms with Crippen LogP contribution in [-0.4, -0.2) is 23.9 Å². The monoisotopic (exact) mass is 248 g/mol. The number of aryl methyl sites for hydroxylation is 1. The van der Waals surface area contributed by atoms with E-state index >= 15 is 0 Å². The van der Waals surface area contributed by atoms with Crippen molar-refractivity contribution in [3.05, 3.63) is 35.4 Å². The molecule has 0 spiro atoms. The van der Waals surface area contributed by atoms with Crippen LogP contribution in [0.2, 0.25) is 0 Å². The van der Waals surface area contributed by atoms with Gasteiger partial charge in [-0.25, -0.2) is 0 Å². The Bertz CT molecular complexity index is 386. The number of rotatable bonds is 5. The van der Waals surface area contributed by atoms with Crippen molar-refractivity contribution in [3.63, 3.8) is 0 Å². The van der Waals surface area contributed by atoms with Crippen molar-refractivity contribution in [2.45, 2.75) is 39.8 Å². The van der Waals surface area contributed by atoms with Gasteiger partial charge in [0.15, 0.2) is 0 Å². The van der Waals surface area contributed by atoms with E-state index in [0.717, 1.165) is 12.0 Å². The van der Waals surface area contributed by atoms with E-state index < -0.39 is 6.04 Å². The summed E-state index contributed by atoms with van der Waals surface area (Å²) in [7, 11) is 1.81.